The number of aryl methyl sites for hydroxylation is 1. The first kappa shape index (κ1) is 10.4. The Kier molecular flexibility index (Phi) is 2.59. The molecule has 0 saturated carbocycles. The monoisotopic (exact) mass is 227 g/mol. The summed E-state index contributed by atoms with van der Waals surface area (Å²) in [4.78, 5) is 4.54. The number of rotatable bonds is 2. The van der Waals surface area contributed by atoms with Gasteiger partial charge in [-0.2, -0.15) is 0 Å². The molecule has 3 nitrogen and oxygen atoms in total. The lowest BCUT2D eigenvalue weighted by atomic mass is 9.90. The third kappa shape index (κ3) is 1.71. The van der Waals surface area contributed by atoms with Crippen LogP contribution >= 0.6 is 0 Å². The summed E-state index contributed by atoms with van der Waals surface area (Å²) in [7, 11) is 0. The summed E-state index contributed by atoms with van der Waals surface area (Å²) >= 11 is 0. The van der Waals surface area contributed by atoms with E-state index in [9.17, 15) is 0 Å². The zero-order valence-corrected chi connectivity index (χ0v) is 10.1. The Bertz CT molecular complexity index is 516. The average Bonchev–Trinajstić information content (AvgIpc) is 2.86. The zero-order chi connectivity index (χ0) is 11.7. The van der Waals surface area contributed by atoms with Gasteiger partial charge in [0.25, 0.3) is 0 Å². The molecule has 1 unspecified atom stereocenters. The fourth-order valence-corrected chi connectivity index (χ4v) is 2.63. The molecule has 0 bridgehead atoms. The van der Waals surface area contributed by atoms with E-state index in [0.29, 0.717) is 5.92 Å². The molecule has 1 aromatic heterocycles. The molecule has 0 saturated heterocycles. The molecule has 3 rings (SSSR count). The quantitative estimate of drug-likeness (QED) is 0.855. The Morgan fingerprint density at radius 3 is 3.18 bits per heavy atom. The first-order chi connectivity index (χ1) is 8.40. The van der Waals surface area contributed by atoms with Gasteiger partial charge in [-0.25, -0.2) is 4.98 Å². The lowest BCUT2D eigenvalue weighted by Gasteiger charge is -2.26. The zero-order valence-electron chi connectivity index (χ0n) is 10.1. The van der Waals surface area contributed by atoms with E-state index in [4.69, 9.17) is 0 Å². The molecule has 2 heterocycles. The molecule has 1 aliphatic heterocycles. The van der Waals surface area contributed by atoms with Gasteiger partial charge >= 0.3 is 0 Å². The number of nitrogens with one attached hydrogen (secondary N) is 1. The highest BCUT2D eigenvalue weighted by atomic mass is 15.1. The van der Waals surface area contributed by atoms with Gasteiger partial charge in [0.15, 0.2) is 0 Å². The smallest absolute Gasteiger partial charge is 0.116 e. The number of fused-ring (bicyclic) bond motifs is 1. The van der Waals surface area contributed by atoms with Crippen molar-refractivity contribution in [2.75, 3.05) is 11.9 Å². The van der Waals surface area contributed by atoms with Crippen LogP contribution in [0.2, 0.25) is 0 Å². The third-order valence-electron chi connectivity index (χ3n) is 3.48. The summed E-state index contributed by atoms with van der Waals surface area (Å²) < 4.78 is 2.24. The van der Waals surface area contributed by atoms with Crippen LogP contribution < -0.4 is 5.32 Å². The molecule has 1 aliphatic rings. The van der Waals surface area contributed by atoms with E-state index in [-0.39, 0.29) is 0 Å². The molecule has 17 heavy (non-hydrogen) atoms. The van der Waals surface area contributed by atoms with Crippen LogP contribution in [-0.2, 0) is 6.54 Å². The molecule has 0 amide bonds. The van der Waals surface area contributed by atoms with Crippen LogP contribution in [0.3, 0.4) is 0 Å². The molecular weight excluding hydrogens is 210 g/mol. The van der Waals surface area contributed by atoms with Crippen molar-refractivity contribution in [2.45, 2.75) is 25.8 Å². The summed E-state index contributed by atoms with van der Waals surface area (Å²) in [5.41, 5.74) is 2.63. The van der Waals surface area contributed by atoms with Crippen molar-refractivity contribution < 1.29 is 0 Å². The van der Waals surface area contributed by atoms with Crippen molar-refractivity contribution >= 4 is 5.69 Å². The minimum atomic E-state index is 0.433. The Labute approximate surface area is 101 Å². The van der Waals surface area contributed by atoms with E-state index in [2.05, 4.69) is 52.3 Å². The average molecular weight is 227 g/mol. The van der Waals surface area contributed by atoms with Crippen molar-refractivity contribution in [3.8, 4) is 0 Å². The number of imidazole rings is 1. The Hall–Kier alpha value is -1.77. The van der Waals surface area contributed by atoms with Gasteiger partial charge in [0.2, 0.25) is 0 Å². The number of benzene rings is 1. The number of nitrogens with zero attached hydrogens (tertiary/aromatic N) is 2. The normalized spacial score (nSPS) is 18.5. The Morgan fingerprint density at radius 1 is 1.41 bits per heavy atom. The van der Waals surface area contributed by atoms with Gasteiger partial charge < -0.3 is 9.88 Å². The van der Waals surface area contributed by atoms with Gasteiger partial charge in [0, 0.05) is 37.1 Å². The summed E-state index contributed by atoms with van der Waals surface area (Å²) in [6, 6.07) is 8.56. The minimum absolute atomic E-state index is 0.433. The maximum atomic E-state index is 4.54. The fraction of sp³-hybridized carbons (Fsp3) is 0.357. The van der Waals surface area contributed by atoms with Crippen LogP contribution in [0, 0.1) is 0 Å². The molecule has 0 radical (unpaired) electrons. The SMILES string of the molecule is CCn1ccnc1C1CCNc2ccccc21. The second-order valence-electron chi connectivity index (χ2n) is 4.43. The lowest BCUT2D eigenvalue weighted by Crippen LogP contribution is -2.20. The molecule has 1 aromatic carbocycles. The van der Waals surface area contributed by atoms with E-state index >= 15 is 0 Å². The Balaban J connectivity index is 2.06. The van der Waals surface area contributed by atoms with E-state index in [1.807, 2.05) is 6.20 Å². The summed E-state index contributed by atoms with van der Waals surface area (Å²) in [6.45, 7) is 4.18. The molecule has 0 fully saturated rings. The molecule has 0 aliphatic carbocycles. The molecule has 1 atom stereocenters. The highest BCUT2D eigenvalue weighted by molar-refractivity contribution is 5.56. The van der Waals surface area contributed by atoms with E-state index in [0.717, 1.165) is 19.5 Å². The molecule has 88 valence electrons. The van der Waals surface area contributed by atoms with Gasteiger partial charge in [0.1, 0.15) is 5.82 Å². The predicted molar refractivity (Wildman–Crippen MR) is 69.3 cm³/mol. The fourth-order valence-electron chi connectivity index (χ4n) is 2.63. The second kappa shape index (κ2) is 4.24. The van der Waals surface area contributed by atoms with Gasteiger partial charge in [-0.1, -0.05) is 18.2 Å². The topological polar surface area (TPSA) is 29.9 Å². The van der Waals surface area contributed by atoms with Gasteiger partial charge in [-0.15, -0.1) is 0 Å². The molecule has 0 spiro atoms. The van der Waals surface area contributed by atoms with Gasteiger partial charge in [-0.05, 0) is 25.0 Å². The summed E-state index contributed by atoms with van der Waals surface area (Å²) in [5.74, 6) is 1.63. The predicted octanol–water partition coefficient (Wildman–Crippen LogP) is 2.85. The minimum Gasteiger partial charge on any atom is -0.385 e. The van der Waals surface area contributed by atoms with E-state index in [1.165, 1.54) is 17.1 Å². The van der Waals surface area contributed by atoms with Crippen molar-refractivity contribution in [1.82, 2.24) is 9.55 Å². The first-order valence-corrected chi connectivity index (χ1v) is 6.24. The number of anilines is 1. The van der Waals surface area contributed by atoms with Gasteiger partial charge in [-0.3, -0.25) is 0 Å². The van der Waals surface area contributed by atoms with Crippen LogP contribution in [0.5, 0.6) is 0 Å². The second-order valence-corrected chi connectivity index (χ2v) is 4.43. The maximum Gasteiger partial charge on any atom is 0.116 e. The molecule has 3 heteroatoms. The molecular formula is C14H17N3. The number of para-hydroxylation sites is 1. The van der Waals surface area contributed by atoms with E-state index in [1.54, 1.807) is 0 Å². The molecule has 1 N–H and O–H groups in total. The van der Waals surface area contributed by atoms with E-state index < -0.39 is 0 Å². The Morgan fingerprint density at radius 2 is 2.29 bits per heavy atom. The highest BCUT2D eigenvalue weighted by Crippen LogP contribution is 2.35. The van der Waals surface area contributed by atoms with Crippen LogP contribution in [0.1, 0.15) is 30.7 Å². The number of aromatic nitrogens is 2. The third-order valence-corrected chi connectivity index (χ3v) is 3.48. The van der Waals surface area contributed by atoms with Gasteiger partial charge in [0.05, 0.1) is 0 Å². The number of hydrogen-bond acceptors (Lipinski definition) is 2. The summed E-state index contributed by atoms with van der Waals surface area (Å²) in [5, 5.41) is 3.45. The summed E-state index contributed by atoms with van der Waals surface area (Å²) in [6.07, 6.45) is 5.09. The van der Waals surface area contributed by atoms with Crippen molar-refractivity contribution in [3.05, 3.63) is 48.0 Å². The first-order valence-electron chi connectivity index (χ1n) is 6.24. The van der Waals surface area contributed by atoms with Crippen molar-refractivity contribution in [1.29, 1.82) is 0 Å². The largest absolute Gasteiger partial charge is 0.385 e. The van der Waals surface area contributed by atoms with Crippen molar-refractivity contribution in [2.24, 2.45) is 0 Å². The lowest BCUT2D eigenvalue weighted by molar-refractivity contribution is 0.611. The van der Waals surface area contributed by atoms with Crippen LogP contribution in [0.4, 0.5) is 5.69 Å². The van der Waals surface area contributed by atoms with Crippen LogP contribution in [0.15, 0.2) is 36.7 Å². The number of hydrogen-bond donors (Lipinski definition) is 1. The molecule has 2 aromatic rings. The standard InChI is InChI=1S/C14H17N3/c1-2-17-10-9-16-14(17)12-7-8-15-13-6-4-3-5-11(12)13/h3-6,9-10,12,15H,2,7-8H2,1H3. The highest BCUT2D eigenvalue weighted by Gasteiger charge is 2.24. The maximum absolute atomic E-state index is 4.54. The van der Waals surface area contributed by atoms with Crippen LogP contribution in [0.25, 0.3) is 0 Å². The van der Waals surface area contributed by atoms with Crippen molar-refractivity contribution in [3.63, 3.8) is 0 Å². The van der Waals surface area contributed by atoms with Crippen LogP contribution in [-0.4, -0.2) is 16.1 Å².